The van der Waals surface area contributed by atoms with Crippen LogP contribution in [0.15, 0.2) is 41.5 Å². The highest BCUT2D eigenvalue weighted by Crippen LogP contribution is 2.10. The summed E-state index contributed by atoms with van der Waals surface area (Å²) in [7, 11) is 3.32. The second-order valence-electron chi connectivity index (χ2n) is 5.38. The minimum Gasteiger partial charge on any atom is -0.481 e. The molecule has 2 rings (SSSR count). The van der Waals surface area contributed by atoms with Gasteiger partial charge in [0.25, 0.3) is 0 Å². The molecule has 136 valence electrons. The topological polar surface area (TPSA) is 58.5 Å². The van der Waals surface area contributed by atoms with E-state index in [2.05, 4.69) is 20.6 Å². The number of aryl methyl sites for hydroxylation is 1. The summed E-state index contributed by atoms with van der Waals surface area (Å²) in [6, 6.07) is 8.65. The molecule has 0 unspecified atom stereocenters. The van der Waals surface area contributed by atoms with Crippen LogP contribution in [0.5, 0.6) is 5.88 Å². The van der Waals surface area contributed by atoms with Crippen molar-refractivity contribution in [3.8, 4) is 5.88 Å². The number of guanidine groups is 1. The average Bonchev–Trinajstić information content (AvgIpc) is 2.60. The zero-order valence-electron chi connectivity index (χ0n) is 14.7. The molecule has 1 aromatic heterocycles. The molecule has 2 aromatic rings. The highest BCUT2D eigenvalue weighted by molar-refractivity contribution is 14.0. The molecule has 0 saturated heterocycles. The average molecular weight is 458 g/mol. The molecule has 0 aliphatic heterocycles. The smallest absolute Gasteiger partial charge is 0.212 e. The van der Waals surface area contributed by atoms with Gasteiger partial charge in [0.1, 0.15) is 5.82 Å². The Labute approximate surface area is 165 Å². The van der Waals surface area contributed by atoms with Gasteiger partial charge >= 0.3 is 0 Å². The molecule has 0 aliphatic rings. The van der Waals surface area contributed by atoms with Crippen molar-refractivity contribution in [3.05, 3.63) is 59.0 Å². The number of methoxy groups -OCH3 is 1. The molecule has 0 amide bonds. The summed E-state index contributed by atoms with van der Waals surface area (Å²) in [5.41, 5.74) is 3.12. The first kappa shape index (κ1) is 21.1. The number of rotatable bonds is 6. The predicted molar refractivity (Wildman–Crippen MR) is 109 cm³/mol. The second-order valence-corrected chi connectivity index (χ2v) is 5.38. The number of hydrogen-bond donors (Lipinski definition) is 2. The molecule has 0 aliphatic carbocycles. The standard InChI is InChI=1S/C18H23FN4O.HI/c1-13-10-16(19)6-5-15(13)8-9-21-18(20-2)23-12-14-4-7-17(24-3)22-11-14;/h4-7,10-11H,8-9,12H2,1-3H3,(H2,20,21,23);1H. The van der Waals surface area contributed by atoms with Gasteiger partial charge in [-0.25, -0.2) is 9.37 Å². The van der Waals surface area contributed by atoms with Crippen LogP contribution >= 0.6 is 24.0 Å². The van der Waals surface area contributed by atoms with E-state index in [9.17, 15) is 4.39 Å². The van der Waals surface area contributed by atoms with Crippen LogP contribution < -0.4 is 15.4 Å². The molecular weight excluding hydrogens is 434 g/mol. The van der Waals surface area contributed by atoms with E-state index in [1.54, 1.807) is 26.4 Å². The molecule has 25 heavy (non-hydrogen) atoms. The summed E-state index contributed by atoms with van der Waals surface area (Å²) in [6.45, 7) is 3.25. The quantitative estimate of drug-likeness (QED) is 0.397. The monoisotopic (exact) mass is 458 g/mol. The highest BCUT2D eigenvalue weighted by atomic mass is 127. The summed E-state index contributed by atoms with van der Waals surface area (Å²) in [5, 5.41) is 6.48. The van der Waals surface area contributed by atoms with Gasteiger partial charge in [0.2, 0.25) is 5.88 Å². The van der Waals surface area contributed by atoms with Gasteiger partial charge in [-0.3, -0.25) is 4.99 Å². The van der Waals surface area contributed by atoms with Gasteiger partial charge in [-0.2, -0.15) is 0 Å². The van der Waals surface area contributed by atoms with Gasteiger partial charge in [0.05, 0.1) is 7.11 Å². The van der Waals surface area contributed by atoms with Gasteiger partial charge in [-0.05, 0) is 42.2 Å². The number of aliphatic imine (C=N–C) groups is 1. The Balaban J connectivity index is 0.00000312. The van der Waals surface area contributed by atoms with Gasteiger partial charge < -0.3 is 15.4 Å². The summed E-state index contributed by atoms with van der Waals surface area (Å²) in [5.74, 6) is 1.11. The van der Waals surface area contributed by atoms with Crippen LogP contribution in [0, 0.1) is 12.7 Å². The Kier molecular flexibility index (Phi) is 9.18. The third kappa shape index (κ3) is 6.85. The van der Waals surface area contributed by atoms with Crippen molar-refractivity contribution < 1.29 is 9.13 Å². The minimum absolute atomic E-state index is 0. The van der Waals surface area contributed by atoms with Crippen LogP contribution in [0.2, 0.25) is 0 Å². The molecular formula is C18H24FIN4O. The van der Waals surface area contributed by atoms with Crippen LogP contribution in [0.1, 0.15) is 16.7 Å². The van der Waals surface area contributed by atoms with Crippen molar-refractivity contribution in [1.29, 1.82) is 0 Å². The van der Waals surface area contributed by atoms with Crippen LogP contribution in [0.4, 0.5) is 4.39 Å². The van der Waals surface area contributed by atoms with Gasteiger partial charge in [-0.1, -0.05) is 12.1 Å². The van der Waals surface area contributed by atoms with Crippen LogP contribution in [0.3, 0.4) is 0 Å². The van der Waals surface area contributed by atoms with Crippen molar-refractivity contribution in [2.24, 2.45) is 4.99 Å². The fraction of sp³-hybridized carbons (Fsp3) is 0.333. The van der Waals surface area contributed by atoms with Gasteiger partial charge in [0.15, 0.2) is 5.96 Å². The molecule has 0 spiro atoms. The Bertz CT molecular complexity index is 692. The van der Waals surface area contributed by atoms with E-state index in [0.717, 1.165) is 23.1 Å². The summed E-state index contributed by atoms with van der Waals surface area (Å²) >= 11 is 0. The van der Waals surface area contributed by atoms with E-state index >= 15 is 0 Å². The molecule has 0 saturated carbocycles. The molecule has 0 atom stereocenters. The van der Waals surface area contributed by atoms with E-state index < -0.39 is 0 Å². The van der Waals surface area contributed by atoms with E-state index in [1.165, 1.54) is 6.07 Å². The van der Waals surface area contributed by atoms with Crippen LogP contribution in [0.25, 0.3) is 0 Å². The lowest BCUT2D eigenvalue weighted by molar-refractivity contribution is 0.397. The van der Waals surface area contributed by atoms with E-state index in [0.29, 0.717) is 24.9 Å². The third-order valence-corrected chi connectivity index (χ3v) is 3.68. The lowest BCUT2D eigenvalue weighted by Crippen LogP contribution is -2.37. The zero-order chi connectivity index (χ0) is 17.4. The summed E-state index contributed by atoms with van der Waals surface area (Å²) in [4.78, 5) is 8.36. The fourth-order valence-corrected chi connectivity index (χ4v) is 2.30. The first-order chi connectivity index (χ1) is 11.6. The molecule has 7 heteroatoms. The lowest BCUT2D eigenvalue weighted by Gasteiger charge is -2.13. The van der Waals surface area contributed by atoms with Crippen molar-refractivity contribution in [3.63, 3.8) is 0 Å². The number of aromatic nitrogens is 1. The van der Waals surface area contributed by atoms with Gasteiger partial charge in [0, 0.05) is 32.4 Å². The highest BCUT2D eigenvalue weighted by Gasteiger charge is 2.02. The van der Waals surface area contributed by atoms with Gasteiger partial charge in [-0.15, -0.1) is 24.0 Å². The van der Waals surface area contributed by atoms with Crippen LogP contribution in [-0.4, -0.2) is 31.6 Å². The first-order valence-electron chi connectivity index (χ1n) is 7.81. The SMILES string of the molecule is CN=C(NCCc1ccc(F)cc1C)NCc1ccc(OC)nc1.I. The molecule has 5 nitrogen and oxygen atoms in total. The number of hydrogen-bond acceptors (Lipinski definition) is 3. The van der Waals surface area contributed by atoms with E-state index in [4.69, 9.17) is 4.74 Å². The van der Waals surface area contributed by atoms with Crippen molar-refractivity contribution in [2.75, 3.05) is 20.7 Å². The number of ether oxygens (including phenoxy) is 1. The normalized spacial score (nSPS) is 10.8. The number of benzene rings is 1. The number of pyridine rings is 1. The van der Waals surface area contributed by atoms with Crippen LogP contribution in [-0.2, 0) is 13.0 Å². The maximum atomic E-state index is 13.1. The first-order valence-corrected chi connectivity index (χ1v) is 7.81. The number of nitrogens with one attached hydrogen (secondary N) is 2. The Morgan fingerprint density at radius 1 is 1.24 bits per heavy atom. The fourth-order valence-electron chi connectivity index (χ4n) is 2.30. The molecule has 1 aromatic carbocycles. The molecule has 0 fully saturated rings. The zero-order valence-corrected chi connectivity index (χ0v) is 17.0. The maximum Gasteiger partial charge on any atom is 0.212 e. The second kappa shape index (κ2) is 10.9. The maximum absolute atomic E-state index is 13.1. The van der Waals surface area contributed by atoms with Crippen molar-refractivity contribution in [2.45, 2.75) is 19.9 Å². The Hall–Kier alpha value is -1.90. The summed E-state index contributed by atoms with van der Waals surface area (Å²) < 4.78 is 18.1. The van der Waals surface area contributed by atoms with E-state index in [1.807, 2.05) is 25.1 Å². The molecule has 0 bridgehead atoms. The van der Waals surface area contributed by atoms with Crippen molar-refractivity contribution >= 4 is 29.9 Å². The van der Waals surface area contributed by atoms with Crippen molar-refractivity contribution in [1.82, 2.24) is 15.6 Å². The molecule has 2 N–H and O–H groups in total. The Morgan fingerprint density at radius 3 is 2.64 bits per heavy atom. The predicted octanol–water partition coefficient (Wildman–Crippen LogP) is 3.06. The number of nitrogens with zero attached hydrogens (tertiary/aromatic N) is 2. The lowest BCUT2D eigenvalue weighted by atomic mass is 10.1. The number of halogens is 2. The summed E-state index contributed by atoms with van der Waals surface area (Å²) in [6.07, 6.45) is 2.57. The largest absolute Gasteiger partial charge is 0.481 e. The molecule has 0 radical (unpaired) electrons. The Morgan fingerprint density at radius 2 is 2.04 bits per heavy atom. The molecule has 1 heterocycles. The van der Waals surface area contributed by atoms with E-state index in [-0.39, 0.29) is 29.8 Å². The minimum atomic E-state index is -0.199. The third-order valence-electron chi connectivity index (χ3n) is 3.68.